The summed E-state index contributed by atoms with van der Waals surface area (Å²) in [7, 11) is 0. The molecule has 2 aliphatic rings. The normalized spacial score (nSPS) is 17.6. The van der Waals surface area contributed by atoms with Gasteiger partial charge in [-0.25, -0.2) is 23.1 Å². The topological polar surface area (TPSA) is 71.2 Å². The van der Waals surface area contributed by atoms with Gasteiger partial charge in [0.1, 0.15) is 11.3 Å². The number of nitrogen functional groups attached to an aromatic ring is 1. The van der Waals surface area contributed by atoms with E-state index in [1.807, 2.05) is 11.0 Å². The first-order chi connectivity index (χ1) is 14.5. The minimum atomic E-state index is -1.17. The van der Waals surface area contributed by atoms with Crippen LogP contribution in [0.25, 0.3) is 11.0 Å². The van der Waals surface area contributed by atoms with Crippen LogP contribution in [0.15, 0.2) is 24.4 Å². The minimum Gasteiger partial charge on any atom is -0.381 e. The fourth-order valence-electron chi connectivity index (χ4n) is 3.94. The van der Waals surface area contributed by atoms with Crippen LogP contribution in [-0.4, -0.2) is 46.0 Å². The molecule has 0 bridgehead atoms. The Morgan fingerprint density at radius 2 is 1.70 bits per heavy atom. The Morgan fingerprint density at radius 3 is 2.43 bits per heavy atom. The first-order valence-electron chi connectivity index (χ1n) is 10.0. The standard InChI is InChI=1S/C21H21F3N6/c22-14-10-16(24)15(23)9-13(14)11-29-5-7-30(8-6-29)21-20(25)27-17-3-4-26-18(12-1-2-12)19(17)28-21/h3-4,9-10,12H,1-2,5-8,11H2,(H2,25,27). The van der Waals surface area contributed by atoms with Crippen LogP contribution < -0.4 is 10.6 Å². The zero-order valence-corrected chi connectivity index (χ0v) is 16.3. The molecule has 2 aromatic heterocycles. The van der Waals surface area contributed by atoms with E-state index in [9.17, 15) is 13.2 Å². The van der Waals surface area contributed by atoms with Crippen LogP contribution in [0.5, 0.6) is 0 Å². The minimum absolute atomic E-state index is 0.146. The molecule has 0 atom stereocenters. The van der Waals surface area contributed by atoms with Gasteiger partial charge in [0.05, 0.1) is 11.2 Å². The van der Waals surface area contributed by atoms with E-state index < -0.39 is 17.5 Å². The van der Waals surface area contributed by atoms with E-state index in [-0.39, 0.29) is 12.1 Å². The molecule has 5 rings (SSSR count). The van der Waals surface area contributed by atoms with Crippen molar-refractivity contribution >= 4 is 22.7 Å². The molecule has 0 unspecified atom stereocenters. The van der Waals surface area contributed by atoms with Gasteiger partial charge in [-0.05, 0) is 25.0 Å². The van der Waals surface area contributed by atoms with Crippen LogP contribution in [0.4, 0.5) is 24.8 Å². The number of piperazine rings is 1. The van der Waals surface area contributed by atoms with Crippen LogP contribution in [0.3, 0.4) is 0 Å². The predicted octanol–water partition coefficient (Wildman–Crippen LogP) is 3.22. The summed E-state index contributed by atoms with van der Waals surface area (Å²) in [5, 5.41) is 0. The monoisotopic (exact) mass is 414 g/mol. The number of benzene rings is 1. The molecule has 1 aliphatic carbocycles. The third-order valence-corrected chi connectivity index (χ3v) is 5.74. The highest BCUT2D eigenvalue weighted by molar-refractivity contribution is 5.82. The van der Waals surface area contributed by atoms with Crippen LogP contribution in [-0.2, 0) is 6.54 Å². The fraction of sp³-hybridized carbons (Fsp3) is 0.381. The van der Waals surface area contributed by atoms with E-state index in [0.29, 0.717) is 49.8 Å². The molecule has 0 spiro atoms. The average molecular weight is 414 g/mol. The summed E-state index contributed by atoms with van der Waals surface area (Å²) in [4.78, 5) is 17.9. The lowest BCUT2D eigenvalue weighted by Gasteiger charge is -2.35. The Labute approximate surface area is 171 Å². The van der Waals surface area contributed by atoms with Crippen LogP contribution >= 0.6 is 0 Å². The SMILES string of the molecule is Nc1nc2ccnc(C3CC3)c2nc1N1CCN(Cc2cc(F)c(F)cc2F)CC1. The van der Waals surface area contributed by atoms with Crippen molar-refractivity contribution in [2.45, 2.75) is 25.3 Å². The summed E-state index contributed by atoms with van der Waals surface area (Å²) >= 11 is 0. The van der Waals surface area contributed by atoms with Crippen LogP contribution in [0, 0.1) is 17.5 Å². The number of nitrogens with zero attached hydrogens (tertiary/aromatic N) is 5. The van der Waals surface area contributed by atoms with Crippen molar-refractivity contribution in [2.24, 2.45) is 0 Å². The van der Waals surface area contributed by atoms with Gasteiger partial charge in [0, 0.05) is 56.5 Å². The van der Waals surface area contributed by atoms with Gasteiger partial charge in [-0.3, -0.25) is 9.88 Å². The Morgan fingerprint density at radius 1 is 0.967 bits per heavy atom. The Bertz CT molecular complexity index is 1110. The van der Waals surface area contributed by atoms with E-state index in [2.05, 4.69) is 14.9 Å². The Balaban J connectivity index is 1.33. The summed E-state index contributed by atoms with van der Waals surface area (Å²) in [6, 6.07) is 3.34. The lowest BCUT2D eigenvalue weighted by Crippen LogP contribution is -2.46. The molecule has 6 nitrogen and oxygen atoms in total. The number of halogens is 3. The third kappa shape index (κ3) is 3.54. The molecule has 2 fully saturated rings. The number of pyridine rings is 1. The number of aromatic nitrogens is 3. The van der Waals surface area contributed by atoms with E-state index >= 15 is 0 Å². The van der Waals surface area contributed by atoms with E-state index in [1.54, 1.807) is 6.20 Å². The smallest absolute Gasteiger partial charge is 0.172 e. The highest BCUT2D eigenvalue weighted by atomic mass is 19.2. The zero-order valence-electron chi connectivity index (χ0n) is 16.3. The van der Waals surface area contributed by atoms with Crippen molar-refractivity contribution in [3.63, 3.8) is 0 Å². The second-order valence-electron chi connectivity index (χ2n) is 7.89. The van der Waals surface area contributed by atoms with Gasteiger partial charge in [-0.15, -0.1) is 0 Å². The van der Waals surface area contributed by atoms with Gasteiger partial charge >= 0.3 is 0 Å². The molecule has 1 aromatic carbocycles. The molecule has 1 aliphatic heterocycles. The van der Waals surface area contributed by atoms with Gasteiger partial charge in [-0.2, -0.15) is 0 Å². The predicted molar refractivity (Wildman–Crippen MR) is 108 cm³/mol. The molecule has 1 saturated carbocycles. The first-order valence-corrected chi connectivity index (χ1v) is 10.0. The summed E-state index contributed by atoms with van der Waals surface area (Å²) in [6.45, 7) is 2.68. The maximum Gasteiger partial charge on any atom is 0.172 e. The van der Waals surface area contributed by atoms with E-state index in [1.165, 1.54) is 0 Å². The van der Waals surface area contributed by atoms with Crippen molar-refractivity contribution in [1.29, 1.82) is 0 Å². The number of anilines is 2. The van der Waals surface area contributed by atoms with E-state index in [0.717, 1.165) is 35.6 Å². The molecule has 2 N–H and O–H groups in total. The largest absolute Gasteiger partial charge is 0.381 e. The van der Waals surface area contributed by atoms with Gasteiger partial charge < -0.3 is 10.6 Å². The number of nitrogens with two attached hydrogens (primary N) is 1. The van der Waals surface area contributed by atoms with Crippen molar-refractivity contribution in [3.05, 3.63) is 53.1 Å². The molecule has 30 heavy (non-hydrogen) atoms. The number of rotatable bonds is 4. The zero-order chi connectivity index (χ0) is 20.8. The second-order valence-corrected chi connectivity index (χ2v) is 7.89. The van der Waals surface area contributed by atoms with Gasteiger partial charge in [-0.1, -0.05) is 0 Å². The third-order valence-electron chi connectivity index (χ3n) is 5.74. The van der Waals surface area contributed by atoms with Crippen LogP contribution in [0.2, 0.25) is 0 Å². The molecule has 3 aromatic rings. The summed E-state index contributed by atoms with van der Waals surface area (Å²) in [5.41, 5.74) is 8.87. The maximum atomic E-state index is 14.0. The average Bonchev–Trinajstić information content (AvgIpc) is 3.57. The molecular formula is C21H21F3N6. The Kier molecular flexibility index (Phi) is 4.69. The van der Waals surface area contributed by atoms with Gasteiger partial charge in [0.2, 0.25) is 0 Å². The van der Waals surface area contributed by atoms with Crippen LogP contribution in [0.1, 0.15) is 30.0 Å². The highest BCUT2D eigenvalue weighted by Crippen LogP contribution is 2.41. The molecular weight excluding hydrogens is 393 g/mol. The van der Waals surface area contributed by atoms with Gasteiger partial charge in [0.15, 0.2) is 23.3 Å². The second kappa shape index (κ2) is 7.39. The molecule has 0 radical (unpaired) electrons. The van der Waals surface area contributed by atoms with E-state index in [4.69, 9.17) is 10.7 Å². The number of fused-ring (bicyclic) bond motifs is 1. The Hall–Kier alpha value is -2.94. The van der Waals surface area contributed by atoms with Gasteiger partial charge in [0.25, 0.3) is 0 Å². The fourth-order valence-corrected chi connectivity index (χ4v) is 3.94. The lowest BCUT2D eigenvalue weighted by molar-refractivity contribution is 0.245. The van der Waals surface area contributed by atoms with Crippen molar-refractivity contribution in [3.8, 4) is 0 Å². The first kappa shape index (κ1) is 19.0. The molecule has 1 saturated heterocycles. The van der Waals surface area contributed by atoms with Crippen molar-refractivity contribution in [1.82, 2.24) is 19.9 Å². The highest BCUT2D eigenvalue weighted by Gasteiger charge is 2.29. The molecule has 3 heterocycles. The number of hydrogen-bond acceptors (Lipinski definition) is 6. The quantitative estimate of drug-likeness (QED) is 0.661. The van der Waals surface area contributed by atoms with Crippen molar-refractivity contribution in [2.75, 3.05) is 36.8 Å². The molecule has 0 amide bonds. The van der Waals surface area contributed by atoms with Crippen molar-refractivity contribution < 1.29 is 13.2 Å². The summed E-state index contributed by atoms with van der Waals surface area (Å²) in [6.07, 6.45) is 3.99. The molecule has 156 valence electrons. The summed E-state index contributed by atoms with van der Waals surface area (Å²) < 4.78 is 40.6. The summed E-state index contributed by atoms with van der Waals surface area (Å²) in [5.74, 6) is -1.49. The molecule has 9 heteroatoms. The maximum absolute atomic E-state index is 14.0. The number of hydrogen-bond donors (Lipinski definition) is 1. The lowest BCUT2D eigenvalue weighted by atomic mass is 10.1.